The highest BCUT2D eigenvalue weighted by Crippen LogP contribution is 2.33. The van der Waals surface area contributed by atoms with Crippen LogP contribution in [-0.2, 0) is 0 Å². The van der Waals surface area contributed by atoms with Gasteiger partial charge in [0.1, 0.15) is 17.2 Å². The fourth-order valence-electron chi connectivity index (χ4n) is 1.92. The molecule has 2 rings (SSSR count). The van der Waals surface area contributed by atoms with Gasteiger partial charge in [0.2, 0.25) is 0 Å². The quantitative estimate of drug-likeness (QED) is 0.776. The molecule has 0 saturated carbocycles. The Morgan fingerprint density at radius 2 is 1.95 bits per heavy atom. The number of aromatic amines is 1. The Morgan fingerprint density at radius 3 is 2.55 bits per heavy atom. The lowest BCUT2D eigenvalue weighted by atomic mass is 10.2. The number of nitrogens with two attached hydrogens (primary N) is 1. The SMILES string of the molecule is COc1ccc(OC)c2[nH]c(C(=O)NCCN)cc12.Cl. The first-order valence-electron chi connectivity index (χ1n) is 5.93. The number of hydrogen-bond acceptors (Lipinski definition) is 4. The zero-order chi connectivity index (χ0) is 13.8. The average Bonchev–Trinajstić information content (AvgIpc) is 2.88. The number of fused-ring (bicyclic) bond motifs is 1. The van der Waals surface area contributed by atoms with Gasteiger partial charge >= 0.3 is 0 Å². The number of carbonyl (C=O) groups excluding carboxylic acids is 1. The van der Waals surface area contributed by atoms with Gasteiger partial charge < -0.3 is 25.5 Å². The maximum absolute atomic E-state index is 11.9. The summed E-state index contributed by atoms with van der Waals surface area (Å²) in [4.78, 5) is 14.9. The molecule has 0 spiro atoms. The molecule has 0 aliphatic heterocycles. The minimum atomic E-state index is -0.203. The number of nitrogens with one attached hydrogen (secondary N) is 2. The van der Waals surface area contributed by atoms with Crippen molar-refractivity contribution in [2.75, 3.05) is 27.3 Å². The minimum absolute atomic E-state index is 0. The highest BCUT2D eigenvalue weighted by molar-refractivity contribution is 6.01. The average molecular weight is 300 g/mol. The highest BCUT2D eigenvalue weighted by Gasteiger charge is 2.14. The van der Waals surface area contributed by atoms with E-state index in [0.29, 0.717) is 30.3 Å². The molecule has 0 aliphatic rings. The van der Waals surface area contributed by atoms with E-state index in [1.54, 1.807) is 32.4 Å². The van der Waals surface area contributed by atoms with Crippen LogP contribution in [0.3, 0.4) is 0 Å². The van der Waals surface area contributed by atoms with Crippen LogP contribution < -0.4 is 20.5 Å². The van der Waals surface area contributed by atoms with Gasteiger partial charge in [0.25, 0.3) is 5.91 Å². The number of halogens is 1. The molecule has 0 unspecified atom stereocenters. The summed E-state index contributed by atoms with van der Waals surface area (Å²) in [7, 11) is 3.17. The second-order valence-electron chi connectivity index (χ2n) is 3.99. The third-order valence-corrected chi connectivity index (χ3v) is 2.83. The molecule has 0 aliphatic carbocycles. The molecule has 0 atom stereocenters. The first kappa shape index (κ1) is 16.1. The summed E-state index contributed by atoms with van der Waals surface area (Å²) in [6, 6.07) is 5.33. The third kappa shape index (κ3) is 2.97. The summed E-state index contributed by atoms with van der Waals surface area (Å²) >= 11 is 0. The van der Waals surface area contributed by atoms with E-state index in [4.69, 9.17) is 15.2 Å². The van der Waals surface area contributed by atoms with E-state index in [0.717, 1.165) is 10.9 Å². The predicted octanol–water partition coefficient (Wildman–Crippen LogP) is 1.30. The maximum Gasteiger partial charge on any atom is 0.267 e. The zero-order valence-corrected chi connectivity index (χ0v) is 12.2. The zero-order valence-electron chi connectivity index (χ0n) is 11.4. The van der Waals surface area contributed by atoms with Gasteiger partial charge in [-0.1, -0.05) is 0 Å². The van der Waals surface area contributed by atoms with E-state index < -0.39 is 0 Å². The molecule has 0 bridgehead atoms. The molecule has 1 aromatic heterocycles. The Balaban J connectivity index is 0.00000200. The van der Waals surface area contributed by atoms with Gasteiger partial charge in [0.05, 0.1) is 19.7 Å². The predicted molar refractivity (Wildman–Crippen MR) is 80.0 cm³/mol. The smallest absolute Gasteiger partial charge is 0.267 e. The van der Waals surface area contributed by atoms with Gasteiger partial charge in [-0.25, -0.2) is 0 Å². The number of rotatable bonds is 5. The Kier molecular flexibility index (Phi) is 5.66. The molecule has 110 valence electrons. The summed E-state index contributed by atoms with van der Waals surface area (Å²) in [5, 5.41) is 3.51. The summed E-state index contributed by atoms with van der Waals surface area (Å²) in [6.07, 6.45) is 0. The molecule has 6 nitrogen and oxygen atoms in total. The molecule has 0 radical (unpaired) electrons. The van der Waals surface area contributed by atoms with Gasteiger partial charge in [-0.2, -0.15) is 0 Å². The van der Waals surface area contributed by atoms with Crippen LogP contribution in [0.2, 0.25) is 0 Å². The van der Waals surface area contributed by atoms with Crippen molar-refractivity contribution >= 4 is 29.2 Å². The van der Waals surface area contributed by atoms with Crippen molar-refractivity contribution in [2.45, 2.75) is 0 Å². The van der Waals surface area contributed by atoms with Gasteiger partial charge in [-0.3, -0.25) is 4.79 Å². The van der Waals surface area contributed by atoms with Crippen molar-refractivity contribution in [3.8, 4) is 11.5 Å². The molecule has 7 heteroatoms. The van der Waals surface area contributed by atoms with Gasteiger partial charge in [0.15, 0.2) is 0 Å². The number of benzene rings is 1. The van der Waals surface area contributed by atoms with E-state index in [1.807, 2.05) is 0 Å². The standard InChI is InChI=1S/C13H17N3O3.ClH/c1-18-10-3-4-11(19-2)12-8(10)7-9(16-12)13(17)15-6-5-14;/h3-4,7,16H,5-6,14H2,1-2H3,(H,15,17);1H. The van der Waals surface area contributed by atoms with Crippen LogP contribution >= 0.6 is 12.4 Å². The molecule has 2 aromatic rings. The van der Waals surface area contributed by atoms with Crippen LogP contribution in [0.4, 0.5) is 0 Å². The highest BCUT2D eigenvalue weighted by atomic mass is 35.5. The summed E-state index contributed by atoms with van der Waals surface area (Å²) in [5.41, 5.74) is 6.54. The number of ether oxygens (including phenoxy) is 2. The molecule has 1 aromatic carbocycles. The van der Waals surface area contributed by atoms with Gasteiger partial charge in [0, 0.05) is 18.5 Å². The maximum atomic E-state index is 11.9. The minimum Gasteiger partial charge on any atom is -0.496 e. The number of hydrogen-bond donors (Lipinski definition) is 3. The lowest BCUT2D eigenvalue weighted by Crippen LogP contribution is -2.29. The Labute approximate surface area is 123 Å². The summed E-state index contributed by atoms with van der Waals surface area (Å²) in [5.74, 6) is 1.14. The lowest BCUT2D eigenvalue weighted by Gasteiger charge is -2.05. The third-order valence-electron chi connectivity index (χ3n) is 2.83. The van der Waals surface area contributed by atoms with Crippen molar-refractivity contribution in [3.05, 3.63) is 23.9 Å². The monoisotopic (exact) mass is 299 g/mol. The van der Waals surface area contributed by atoms with Crippen molar-refractivity contribution in [3.63, 3.8) is 0 Å². The summed E-state index contributed by atoms with van der Waals surface area (Å²) in [6.45, 7) is 0.834. The first-order valence-corrected chi connectivity index (χ1v) is 5.93. The van der Waals surface area contributed by atoms with Crippen molar-refractivity contribution in [1.29, 1.82) is 0 Å². The largest absolute Gasteiger partial charge is 0.496 e. The van der Waals surface area contributed by atoms with Crippen LogP contribution in [0, 0.1) is 0 Å². The molecule has 4 N–H and O–H groups in total. The van der Waals surface area contributed by atoms with E-state index in [2.05, 4.69) is 10.3 Å². The van der Waals surface area contributed by atoms with Crippen LogP contribution in [0.15, 0.2) is 18.2 Å². The van der Waals surface area contributed by atoms with E-state index >= 15 is 0 Å². The fourth-order valence-corrected chi connectivity index (χ4v) is 1.92. The normalized spacial score (nSPS) is 9.95. The molecule has 0 saturated heterocycles. The van der Waals surface area contributed by atoms with Gasteiger partial charge in [-0.15, -0.1) is 12.4 Å². The molecule has 20 heavy (non-hydrogen) atoms. The fraction of sp³-hybridized carbons (Fsp3) is 0.308. The number of methoxy groups -OCH3 is 2. The molecule has 1 heterocycles. The topological polar surface area (TPSA) is 89.4 Å². The Hall–Kier alpha value is -1.92. The van der Waals surface area contributed by atoms with Crippen LogP contribution in [0.1, 0.15) is 10.5 Å². The number of amides is 1. The van der Waals surface area contributed by atoms with E-state index in [-0.39, 0.29) is 18.3 Å². The molecular formula is C13H18ClN3O3. The lowest BCUT2D eigenvalue weighted by molar-refractivity contribution is 0.0950. The van der Waals surface area contributed by atoms with E-state index in [1.165, 1.54) is 0 Å². The van der Waals surface area contributed by atoms with Crippen molar-refractivity contribution in [1.82, 2.24) is 10.3 Å². The van der Waals surface area contributed by atoms with Crippen LogP contribution in [0.5, 0.6) is 11.5 Å². The number of H-pyrrole nitrogens is 1. The van der Waals surface area contributed by atoms with Crippen LogP contribution in [0.25, 0.3) is 10.9 Å². The number of carbonyl (C=O) groups is 1. The second kappa shape index (κ2) is 7.02. The molecule has 1 amide bonds. The molecule has 0 fully saturated rings. The number of aromatic nitrogens is 1. The Morgan fingerprint density at radius 1 is 1.30 bits per heavy atom. The van der Waals surface area contributed by atoms with Crippen molar-refractivity contribution in [2.24, 2.45) is 5.73 Å². The van der Waals surface area contributed by atoms with Crippen molar-refractivity contribution < 1.29 is 14.3 Å². The van der Waals surface area contributed by atoms with E-state index in [9.17, 15) is 4.79 Å². The van der Waals surface area contributed by atoms with Gasteiger partial charge in [-0.05, 0) is 18.2 Å². The second-order valence-corrected chi connectivity index (χ2v) is 3.99. The first-order chi connectivity index (χ1) is 9.21. The molecular weight excluding hydrogens is 282 g/mol. The summed E-state index contributed by atoms with van der Waals surface area (Å²) < 4.78 is 10.5. The Bertz CT molecular complexity index is 557. The van der Waals surface area contributed by atoms with Crippen LogP contribution in [-0.4, -0.2) is 38.2 Å².